The van der Waals surface area contributed by atoms with Crippen molar-refractivity contribution in [2.45, 2.75) is 31.3 Å². The second kappa shape index (κ2) is 3.30. The third-order valence-electron chi connectivity index (χ3n) is 2.58. The van der Waals surface area contributed by atoms with Gasteiger partial charge in [0, 0.05) is 24.5 Å². The van der Waals surface area contributed by atoms with Crippen LogP contribution in [0.15, 0.2) is 23.3 Å². The Bertz CT molecular complexity index is 347. The highest BCUT2D eigenvalue weighted by Gasteiger charge is 2.23. The largest absolute Gasteiger partial charge is 0.347 e. The van der Waals surface area contributed by atoms with Crippen molar-refractivity contribution in [3.63, 3.8) is 0 Å². The van der Waals surface area contributed by atoms with Crippen LogP contribution >= 0.6 is 0 Å². The van der Waals surface area contributed by atoms with Gasteiger partial charge in [0.1, 0.15) is 0 Å². The van der Waals surface area contributed by atoms with E-state index in [-0.39, 0.29) is 17.8 Å². The maximum Gasteiger partial charge on any atom is 0.347 e. The molecule has 1 aliphatic carbocycles. The lowest BCUT2D eigenvalue weighted by molar-refractivity contribution is 0.485. The molecule has 0 radical (unpaired) electrons. The number of nitrogens with zero attached hydrogens (tertiary/aromatic N) is 2. The molecular formula is C9H13N3O. The predicted molar refractivity (Wildman–Crippen MR) is 49.4 cm³/mol. The summed E-state index contributed by atoms with van der Waals surface area (Å²) in [5.74, 6) is 0. The molecule has 1 aromatic rings. The number of rotatable bonds is 1. The van der Waals surface area contributed by atoms with E-state index >= 15 is 0 Å². The van der Waals surface area contributed by atoms with Gasteiger partial charge in [-0.25, -0.2) is 9.78 Å². The Hall–Kier alpha value is -1.16. The Labute approximate surface area is 76.4 Å². The molecule has 0 spiro atoms. The van der Waals surface area contributed by atoms with E-state index in [0.29, 0.717) is 0 Å². The summed E-state index contributed by atoms with van der Waals surface area (Å²) in [6.45, 7) is 0. The first-order valence-corrected chi connectivity index (χ1v) is 4.56. The minimum absolute atomic E-state index is 0.165. The van der Waals surface area contributed by atoms with Crippen LogP contribution in [0.2, 0.25) is 0 Å². The van der Waals surface area contributed by atoms with Crippen LogP contribution in [0.4, 0.5) is 0 Å². The summed E-state index contributed by atoms with van der Waals surface area (Å²) < 4.78 is 1.69. The predicted octanol–water partition coefficient (Wildman–Crippen LogP) is 0.296. The van der Waals surface area contributed by atoms with Crippen LogP contribution in [0.5, 0.6) is 0 Å². The van der Waals surface area contributed by atoms with Gasteiger partial charge in [0.05, 0.1) is 0 Å². The minimum Gasteiger partial charge on any atom is -0.328 e. The third kappa shape index (κ3) is 1.62. The molecule has 1 saturated carbocycles. The molecule has 0 saturated heterocycles. The summed E-state index contributed by atoms with van der Waals surface area (Å²) in [4.78, 5) is 15.0. The lowest BCUT2D eigenvalue weighted by Crippen LogP contribution is -2.25. The summed E-state index contributed by atoms with van der Waals surface area (Å²) >= 11 is 0. The first-order valence-electron chi connectivity index (χ1n) is 4.56. The van der Waals surface area contributed by atoms with Gasteiger partial charge in [-0.3, -0.25) is 4.57 Å². The summed E-state index contributed by atoms with van der Waals surface area (Å²) in [5.41, 5.74) is 5.61. The molecule has 2 unspecified atom stereocenters. The Morgan fingerprint density at radius 1 is 1.54 bits per heavy atom. The van der Waals surface area contributed by atoms with Gasteiger partial charge < -0.3 is 5.73 Å². The molecule has 0 bridgehead atoms. The van der Waals surface area contributed by atoms with Crippen LogP contribution in [-0.2, 0) is 0 Å². The SMILES string of the molecule is NC1CCC(n2cccnc2=O)C1. The fourth-order valence-electron chi connectivity index (χ4n) is 1.89. The second-order valence-corrected chi connectivity index (χ2v) is 3.54. The number of hydrogen-bond donors (Lipinski definition) is 1. The summed E-state index contributed by atoms with van der Waals surface area (Å²) in [7, 11) is 0. The molecule has 1 aliphatic rings. The van der Waals surface area contributed by atoms with Crippen LogP contribution in [0, 0.1) is 0 Å². The zero-order chi connectivity index (χ0) is 9.26. The summed E-state index contributed by atoms with van der Waals surface area (Å²) in [5, 5.41) is 0. The van der Waals surface area contributed by atoms with Crippen molar-refractivity contribution in [3.8, 4) is 0 Å². The van der Waals surface area contributed by atoms with E-state index < -0.39 is 0 Å². The Morgan fingerprint density at radius 2 is 2.38 bits per heavy atom. The van der Waals surface area contributed by atoms with Crippen LogP contribution in [0.1, 0.15) is 25.3 Å². The lowest BCUT2D eigenvalue weighted by atomic mass is 10.2. The highest BCUT2D eigenvalue weighted by molar-refractivity contribution is 4.89. The van der Waals surface area contributed by atoms with E-state index in [1.54, 1.807) is 16.8 Å². The van der Waals surface area contributed by atoms with Crippen molar-refractivity contribution in [3.05, 3.63) is 28.9 Å². The van der Waals surface area contributed by atoms with Crippen molar-refractivity contribution in [2.75, 3.05) is 0 Å². The topological polar surface area (TPSA) is 60.9 Å². The molecular weight excluding hydrogens is 166 g/mol. The maximum atomic E-state index is 11.3. The average Bonchev–Trinajstić information content (AvgIpc) is 2.53. The minimum atomic E-state index is -0.165. The molecule has 2 rings (SSSR count). The van der Waals surface area contributed by atoms with E-state index in [1.165, 1.54) is 6.20 Å². The van der Waals surface area contributed by atoms with E-state index in [2.05, 4.69) is 4.98 Å². The fourth-order valence-corrected chi connectivity index (χ4v) is 1.89. The quantitative estimate of drug-likeness (QED) is 0.674. The molecule has 2 atom stereocenters. The van der Waals surface area contributed by atoms with Crippen molar-refractivity contribution in [2.24, 2.45) is 5.73 Å². The number of aromatic nitrogens is 2. The van der Waals surface area contributed by atoms with Crippen molar-refractivity contribution < 1.29 is 0 Å². The van der Waals surface area contributed by atoms with Gasteiger partial charge in [-0.2, -0.15) is 0 Å². The molecule has 2 N–H and O–H groups in total. The van der Waals surface area contributed by atoms with Gasteiger partial charge in [-0.1, -0.05) is 0 Å². The number of nitrogens with two attached hydrogens (primary N) is 1. The highest BCUT2D eigenvalue weighted by atomic mass is 16.1. The van der Waals surface area contributed by atoms with E-state index in [1.807, 2.05) is 0 Å². The zero-order valence-corrected chi connectivity index (χ0v) is 7.39. The molecule has 0 amide bonds. The standard InChI is InChI=1S/C9H13N3O/c10-7-2-3-8(6-7)12-5-1-4-11-9(12)13/h1,4-5,7-8H,2-3,6,10H2. The van der Waals surface area contributed by atoms with Crippen molar-refractivity contribution in [1.29, 1.82) is 0 Å². The lowest BCUT2D eigenvalue weighted by Gasteiger charge is -2.11. The Morgan fingerprint density at radius 3 is 3.00 bits per heavy atom. The maximum absolute atomic E-state index is 11.3. The molecule has 1 heterocycles. The first kappa shape index (κ1) is 8.44. The molecule has 0 aliphatic heterocycles. The monoisotopic (exact) mass is 179 g/mol. The van der Waals surface area contributed by atoms with Crippen LogP contribution < -0.4 is 11.4 Å². The molecule has 1 aromatic heterocycles. The van der Waals surface area contributed by atoms with Gasteiger partial charge in [0.25, 0.3) is 0 Å². The van der Waals surface area contributed by atoms with E-state index in [4.69, 9.17) is 5.73 Å². The van der Waals surface area contributed by atoms with Crippen LogP contribution in [-0.4, -0.2) is 15.6 Å². The molecule has 0 aromatic carbocycles. The first-order chi connectivity index (χ1) is 6.27. The Kier molecular flexibility index (Phi) is 2.14. The smallest absolute Gasteiger partial charge is 0.328 e. The van der Waals surface area contributed by atoms with Crippen molar-refractivity contribution in [1.82, 2.24) is 9.55 Å². The summed E-state index contributed by atoms with van der Waals surface area (Å²) in [6, 6.07) is 2.29. The molecule has 4 nitrogen and oxygen atoms in total. The average molecular weight is 179 g/mol. The van der Waals surface area contributed by atoms with E-state index in [9.17, 15) is 4.79 Å². The molecule has 1 fully saturated rings. The zero-order valence-electron chi connectivity index (χ0n) is 7.39. The van der Waals surface area contributed by atoms with Gasteiger partial charge in [-0.15, -0.1) is 0 Å². The third-order valence-corrected chi connectivity index (χ3v) is 2.58. The molecule has 13 heavy (non-hydrogen) atoms. The van der Waals surface area contributed by atoms with Gasteiger partial charge in [0.2, 0.25) is 0 Å². The normalized spacial score (nSPS) is 27.8. The van der Waals surface area contributed by atoms with E-state index in [0.717, 1.165) is 19.3 Å². The number of hydrogen-bond acceptors (Lipinski definition) is 3. The van der Waals surface area contributed by atoms with Crippen LogP contribution in [0.25, 0.3) is 0 Å². The summed E-state index contributed by atoms with van der Waals surface area (Å²) in [6.07, 6.45) is 6.20. The van der Waals surface area contributed by atoms with Gasteiger partial charge >= 0.3 is 5.69 Å². The van der Waals surface area contributed by atoms with Gasteiger partial charge in [0.15, 0.2) is 0 Å². The van der Waals surface area contributed by atoms with Crippen molar-refractivity contribution >= 4 is 0 Å². The molecule has 4 heteroatoms. The highest BCUT2D eigenvalue weighted by Crippen LogP contribution is 2.26. The molecule has 70 valence electrons. The fraction of sp³-hybridized carbons (Fsp3) is 0.556. The van der Waals surface area contributed by atoms with Crippen LogP contribution in [0.3, 0.4) is 0 Å². The Balaban J connectivity index is 2.26. The van der Waals surface area contributed by atoms with Gasteiger partial charge in [-0.05, 0) is 25.3 Å². The second-order valence-electron chi connectivity index (χ2n) is 3.54.